The molecule has 1 aliphatic heterocycles. The van der Waals surface area contributed by atoms with Crippen molar-refractivity contribution in [2.45, 2.75) is 36.6 Å². The number of nitrogens with zero attached hydrogens (tertiary/aromatic N) is 3. The maximum absolute atomic E-state index is 12.8. The smallest absolute Gasteiger partial charge is 0.246 e. The van der Waals surface area contributed by atoms with Gasteiger partial charge in [-0.05, 0) is 39.9 Å². The minimum absolute atomic E-state index is 0.0358. The summed E-state index contributed by atoms with van der Waals surface area (Å²) >= 11 is 5.79. The van der Waals surface area contributed by atoms with Gasteiger partial charge >= 0.3 is 0 Å². The zero-order valence-electron chi connectivity index (χ0n) is 12.1. The molecule has 1 saturated heterocycles. The molecule has 1 N–H and O–H groups in total. The van der Waals surface area contributed by atoms with Gasteiger partial charge in [0.1, 0.15) is 4.90 Å². The highest BCUT2D eigenvalue weighted by Crippen LogP contribution is 2.26. The maximum Gasteiger partial charge on any atom is 0.246 e. The van der Waals surface area contributed by atoms with E-state index in [1.807, 2.05) is 0 Å². The van der Waals surface area contributed by atoms with Crippen LogP contribution in [0.1, 0.15) is 24.2 Å². The van der Waals surface area contributed by atoms with Crippen LogP contribution in [0.3, 0.4) is 0 Å². The van der Waals surface area contributed by atoms with E-state index in [0.717, 1.165) is 25.9 Å². The molecular formula is C12H21ClN4O2S. The first-order chi connectivity index (χ1) is 9.37. The van der Waals surface area contributed by atoms with Crippen LogP contribution in [0.25, 0.3) is 0 Å². The van der Waals surface area contributed by atoms with Crippen LogP contribution < -0.4 is 0 Å². The van der Waals surface area contributed by atoms with Gasteiger partial charge in [-0.2, -0.15) is 9.40 Å². The van der Waals surface area contributed by atoms with Crippen molar-refractivity contribution in [1.29, 1.82) is 0 Å². The third-order valence-electron chi connectivity index (χ3n) is 3.93. The topological polar surface area (TPSA) is 69.3 Å². The third-order valence-corrected chi connectivity index (χ3v) is 6.29. The molecule has 6 nitrogen and oxygen atoms in total. The normalized spacial score (nSPS) is 18.9. The maximum atomic E-state index is 12.8. The van der Waals surface area contributed by atoms with Crippen LogP contribution in [0, 0.1) is 6.92 Å². The van der Waals surface area contributed by atoms with Crippen molar-refractivity contribution in [3.05, 3.63) is 11.4 Å². The van der Waals surface area contributed by atoms with Crippen LogP contribution in [0.5, 0.6) is 0 Å². The van der Waals surface area contributed by atoms with E-state index in [0.29, 0.717) is 11.4 Å². The Morgan fingerprint density at radius 2 is 2.05 bits per heavy atom. The van der Waals surface area contributed by atoms with Crippen molar-refractivity contribution in [2.75, 3.05) is 27.2 Å². The molecule has 2 rings (SSSR count). The number of aromatic amines is 1. The number of hydrogen-bond acceptors (Lipinski definition) is 4. The number of aryl methyl sites for hydroxylation is 1. The molecule has 1 aromatic rings. The number of halogens is 1. The van der Waals surface area contributed by atoms with Crippen molar-refractivity contribution in [3.8, 4) is 0 Å². The summed E-state index contributed by atoms with van der Waals surface area (Å²) in [5.74, 6) is 0.0835. The second-order valence-electron chi connectivity index (χ2n) is 5.31. The molecule has 1 fully saturated rings. The number of nitrogens with one attached hydrogen (secondary N) is 1. The van der Waals surface area contributed by atoms with Gasteiger partial charge in [-0.25, -0.2) is 8.42 Å². The van der Waals surface area contributed by atoms with E-state index in [2.05, 4.69) is 22.1 Å². The molecule has 0 saturated carbocycles. The van der Waals surface area contributed by atoms with Crippen molar-refractivity contribution in [1.82, 2.24) is 19.4 Å². The highest BCUT2D eigenvalue weighted by molar-refractivity contribution is 7.89. The van der Waals surface area contributed by atoms with E-state index in [-0.39, 0.29) is 16.8 Å². The van der Waals surface area contributed by atoms with E-state index >= 15 is 0 Å². The lowest BCUT2D eigenvalue weighted by Crippen LogP contribution is -2.44. The fraction of sp³-hybridized carbons (Fsp3) is 0.750. The molecule has 114 valence electrons. The standard InChI is InChI=1S/C12H21ClN4O2S/c1-9-12(11(8-13)15-14-9)20(18,19)17(3)10-4-6-16(2)7-5-10/h10H,4-8H2,1-3H3,(H,14,15). The molecule has 0 atom stereocenters. The number of likely N-dealkylation sites (tertiary alicyclic amines) is 1. The van der Waals surface area contributed by atoms with Crippen LogP contribution in [0.15, 0.2) is 4.90 Å². The number of sulfonamides is 1. The molecule has 0 bridgehead atoms. The molecule has 1 aliphatic rings. The number of piperidine rings is 1. The summed E-state index contributed by atoms with van der Waals surface area (Å²) in [5, 5.41) is 6.68. The van der Waals surface area contributed by atoms with Gasteiger partial charge in [-0.3, -0.25) is 5.10 Å². The zero-order valence-corrected chi connectivity index (χ0v) is 13.6. The average molecular weight is 321 g/mol. The van der Waals surface area contributed by atoms with Gasteiger partial charge in [0.15, 0.2) is 0 Å². The number of aromatic nitrogens is 2. The zero-order chi connectivity index (χ0) is 14.9. The molecule has 1 aromatic heterocycles. The Hall–Kier alpha value is -0.630. The Morgan fingerprint density at radius 3 is 2.60 bits per heavy atom. The van der Waals surface area contributed by atoms with E-state index in [4.69, 9.17) is 11.6 Å². The Balaban J connectivity index is 2.27. The summed E-state index contributed by atoms with van der Waals surface area (Å²) in [5.41, 5.74) is 0.935. The highest BCUT2D eigenvalue weighted by atomic mass is 35.5. The summed E-state index contributed by atoms with van der Waals surface area (Å²) in [6, 6.07) is 0.0358. The molecule has 20 heavy (non-hydrogen) atoms. The Bertz CT molecular complexity index is 564. The third kappa shape index (κ3) is 2.86. The monoisotopic (exact) mass is 320 g/mol. The lowest BCUT2D eigenvalue weighted by atomic mass is 10.1. The summed E-state index contributed by atoms with van der Waals surface area (Å²) in [6.07, 6.45) is 1.69. The minimum atomic E-state index is -3.55. The first kappa shape index (κ1) is 15.8. The molecule has 0 spiro atoms. The van der Waals surface area contributed by atoms with E-state index in [1.54, 1.807) is 14.0 Å². The predicted octanol–water partition coefficient (Wildman–Crippen LogP) is 1.17. The average Bonchev–Trinajstić information content (AvgIpc) is 2.80. The van der Waals surface area contributed by atoms with E-state index in [1.165, 1.54) is 4.31 Å². The van der Waals surface area contributed by atoms with E-state index in [9.17, 15) is 8.42 Å². The first-order valence-electron chi connectivity index (χ1n) is 6.64. The molecule has 0 aromatic carbocycles. The van der Waals surface area contributed by atoms with Crippen molar-refractivity contribution < 1.29 is 8.42 Å². The van der Waals surface area contributed by atoms with Crippen molar-refractivity contribution >= 4 is 21.6 Å². The van der Waals surface area contributed by atoms with Crippen LogP contribution in [-0.2, 0) is 15.9 Å². The van der Waals surface area contributed by atoms with Crippen LogP contribution in [0.2, 0.25) is 0 Å². The van der Waals surface area contributed by atoms with Gasteiger partial charge in [0, 0.05) is 13.1 Å². The fourth-order valence-electron chi connectivity index (χ4n) is 2.60. The predicted molar refractivity (Wildman–Crippen MR) is 78.3 cm³/mol. The molecule has 0 unspecified atom stereocenters. The van der Waals surface area contributed by atoms with Crippen LogP contribution in [0.4, 0.5) is 0 Å². The van der Waals surface area contributed by atoms with Gasteiger partial charge in [0.25, 0.3) is 0 Å². The van der Waals surface area contributed by atoms with Gasteiger partial charge < -0.3 is 4.90 Å². The number of alkyl halides is 1. The Morgan fingerprint density at radius 1 is 1.45 bits per heavy atom. The van der Waals surface area contributed by atoms with Gasteiger partial charge in [0.2, 0.25) is 10.0 Å². The van der Waals surface area contributed by atoms with Crippen LogP contribution in [-0.4, -0.2) is 61.0 Å². The molecule has 0 aliphatic carbocycles. The molecule has 8 heteroatoms. The first-order valence-corrected chi connectivity index (χ1v) is 8.61. The SMILES string of the molecule is Cc1[nH]nc(CCl)c1S(=O)(=O)N(C)C1CCN(C)CC1. The summed E-state index contributed by atoms with van der Waals surface area (Å²) in [7, 11) is 0.151. The second-order valence-corrected chi connectivity index (χ2v) is 7.52. The number of hydrogen-bond donors (Lipinski definition) is 1. The molecule has 0 amide bonds. The molecule has 2 heterocycles. The van der Waals surface area contributed by atoms with Gasteiger partial charge in [-0.15, -0.1) is 11.6 Å². The summed E-state index contributed by atoms with van der Waals surface area (Å²) < 4.78 is 27.0. The summed E-state index contributed by atoms with van der Waals surface area (Å²) in [4.78, 5) is 2.44. The van der Waals surface area contributed by atoms with E-state index < -0.39 is 10.0 Å². The molecule has 0 radical (unpaired) electrons. The van der Waals surface area contributed by atoms with Crippen molar-refractivity contribution in [2.24, 2.45) is 0 Å². The highest BCUT2D eigenvalue weighted by Gasteiger charge is 2.33. The molecular weight excluding hydrogens is 300 g/mol. The quantitative estimate of drug-likeness (QED) is 0.846. The van der Waals surface area contributed by atoms with Crippen LogP contribution >= 0.6 is 11.6 Å². The Kier molecular flexibility index (Phi) is 4.73. The second kappa shape index (κ2) is 6.01. The largest absolute Gasteiger partial charge is 0.306 e. The lowest BCUT2D eigenvalue weighted by Gasteiger charge is -2.34. The minimum Gasteiger partial charge on any atom is -0.306 e. The van der Waals surface area contributed by atoms with Gasteiger partial charge in [0.05, 0.1) is 17.3 Å². The summed E-state index contributed by atoms with van der Waals surface area (Å²) in [6.45, 7) is 3.53. The lowest BCUT2D eigenvalue weighted by molar-refractivity contribution is 0.197. The number of H-pyrrole nitrogens is 1. The fourth-order valence-corrected chi connectivity index (χ4v) is 4.61. The Labute approximate surface area is 125 Å². The van der Waals surface area contributed by atoms with Gasteiger partial charge in [-0.1, -0.05) is 0 Å². The number of rotatable bonds is 4. The van der Waals surface area contributed by atoms with Crippen molar-refractivity contribution in [3.63, 3.8) is 0 Å².